The van der Waals surface area contributed by atoms with Crippen molar-refractivity contribution < 1.29 is 4.84 Å². The molecule has 0 aromatic heterocycles. The first-order valence-corrected chi connectivity index (χ1v) is 10.7. The van der Waals surface area contributed by atoms with Crippen LogP contribution < -0.4 is 0 Å². The first-order valence-electron chi connectivity index (χ1n) is 10.7. The quantitative estimate of drug-likeness (QED) is 0.541. The van der Waals surface area contributed by atoms with Gasteiger partial charge in [-0.1, -0.05) is 109 Å². The molecule has 2 heteroatoms. The minimum absolute atomic E-state index is 0.0246. The lowest BCUT2D eigenvalue weighted by Gasteiger charge is -2.33. The molecule has 156 valence electrons. The fourth-order valence-electron chi connectivity index (χ4n) is 3.99. The van der Waals surface area contributed by atoms with Crippen molar-refractivity contribution in [2.24, 2.45) is 10.6 Å². The van der Waals surface area contributed by atoms with Crippen molar-refractivity contribution in [2.45, 2.75) is 85.2 Å². The number of hydrogen-bond donors (Lipinski definition) is 0. The van der Waals surface area contributed by atoms with E-state index in [-0.39, 0.29) is 28.3 Å². The second-order valence-electron chi connectivity index (χ2n) is 11.1. The topological polar surface area (TPSA) is 21.6 Å². The van der Waals surface area contributed by atoms with E-state index >= 15 is 0 Å². The molecule has 1 atom stereocenters. The Morgan fingerprint density at radius 1 is 0.759 bits per heavy atom. The summed E-state index contributed by atoms with van der Waals surface area (Å²) in [4.78, 5) is 6.03. The Bertz CT molecular complexity index is 817. The Kier molecular flexibility index (Phi) is 5.45. The molecule has 0 saturated heterocycles. The largest absolute Gasteiger partial charge is 0.391 e. The van der Waals surface area contributed by atoms with Gasteiger partial charge in [0.1, 0.15) is 6.10 Å². The van der Waals surface area contributed by atoms with Gasteiger partial charge < -0.3 is 4.84 Å². The Hall–Kier alpha value is -2.09. The molecule has 1 unspecified atom stereocenters. The highest BCUT2D eigenvalue weighted by Crippen LogP contribution is 2.44. The summed E-state index contributed by atoms with van der Waals surface area (Å²) in [5, 5.41) is 4.37. The summed E-state index contributed by atoms with van der Waals surface area (Å²) < 4.78 is 0. The number of nitrogens with zero attached hydrogens (tertiary/aromatic N) is 1. The van der Waals surface area contributed by atoms with Crippen LogP contribution in [0.25, 0.3) is 0 Å². The zero-order chi connectivity index (χ0) is 21.6. The zero-order valence-corrected chi connectivity index (χ0v) is 19.6. The molecule has 0 aliphatic carbocycles. The summed E-state index contributed by atoms with van der Waals surface area (Å²) in [6, 6.07) is 18.2. The molecule has 29 heavy (non-hydrogen) atoms. The molecule has 0 spiro atoms. The lowest BCUT2D eigenvalue weighted by molar-refractivity contribution is 0.0247. The van der Waals surface area contributed by atoms with Gasteiger partial charge in [0.2, 0.25) is 0 Å². The highest BCUT2D eigenvalue weighted by Gasteiger charge is 2.45. The van der Waals surface area contributed by atoms with Crippen molar-refractivity contribution in [2.75, 3.05) is 0 Å². The second kappa shape index (κ2) is 7.31. The van der Waals surface area contributed by atoms with Crippen molar-refractivity contribution in [3.63, 3.8) is 0 Å². The number of rotatable bonds is 3. The van der Waals surface area contributed by atoms with Gasteiger partial charge in [0.15, 0.2) is 0 Å². The van der Waals surface area contributed by atoms with E-state index in [1.165, 1.54) is 22.3 Å². The Morgan fingerprint density at radius 3 is 1.41 bits per heavy atom. The maximum Gasteiger partial charge on any atom is 0.148 e. The summed E-state index contributed by atoms with van der Waals surface area (Å²) in [5.41, 5.74) is 6.50. The molecule has 0 N–H and O–H groups in total. The van der Waals surface area contributed by atoms with Gasteiger partial charge in [-0.25, -0.2) is 0 Å². The number of hydrogen-bond acceptors (Lipinski definition) is 2. The maximum absolute atomic E-state index is 6.03. The monoisotopic (exact) mass is 391 g/mol. The molecule has 3 rings (SSSR count). The van der Waals surface area contributed by atoms with E-state index in [1.807, 2.05) is 0 Å². The van der Waals surface area contributed by atoms with Crippen LogP contribution >= 0.6 is 0 Å². The van der Waals surface area contributed by atoms with Crippen molar-refractivity contribution in [1.29, 1.82) is 0 Å². The molecule has 0 bridgehead atoms. The SMILES string of the molecule is CC1=NOC(C(c2ccc(C(C)(C)C)cc2)c2ccc(C(C)(C)C)cc2)C1(C)C. The normalized spacial score (nSPS) is 19.2. The molecule has 2 aromatic carbocycles. The van der Waals surface area contributed by atoms with Gasteiger partial charge in [-0.2, -0.15) is 0 Å². The molecule has 2 aromatic rings. The van der Waals surface area contributed by atoms with Crippen LogP contribution in [0.1, 0.15) is 90.5 Å². The smallest absolute Gasteiger partial charge is 0.148 e. The van der Waals surface area contributed by atoms with Crippen molar-refractivity contribution in [1.82, 2.24) is 0 Å². The number of benzene rings is 2. The zero-order valence-electron chi connectivity index (χ0n) is 19.6. The third-order valence-corrected chi connectivity index (χ3v) is 6.52. The van der Waals surface area contributed by atoms with Gasteiger partial charge in [0, 0.05) is 11.3 Å². The first-order chi connectivity index (χ1) is 13.3. The Labute approximate surface area is 177 Å². The van der Waals surface area contributed by atoms with Crippen LogP contribution in [0.4, 0.5) is 0 Å². The van der Waals surface area contributed by atoms with Gasteiger partial charge in [-0.05, 0) is 40.0 Å². The third kappa shape index (κ3) is 4.27. The molecule has 1 aliphatic heterocycles. The Morgan fingerprint density at radius 2 is 1.14 bits per heavy atom. The lowest BCUT2D eigenvalue weighted by Crippen LogP contribution is -2.37. The molecular weight excluding hydrogens is 354 g/mol. The fraction of sp³-hybridized carbons (Fsp3) is 0.519. The van der Waals surface area contributed by atoms with E-state index in [4.69, 9.17) is 4.84 Å². The van der Waals surface area contributed by atoms with Crippen LogP contribution in [0.15, 0.2) is 53.7 Å². The van der Waals surface area contributed by atoms with E-state index in [0.29, 0.717) is 0 Å². The minimum Gasteiger partial charge on any atom is -0.391 e. The third-order valence-electron chi connectivity index (χ3n) is 6.52. The molecule has 0 fully saturated rings. The minimum atomic E-state index is -0.115. The highest BCUT2D eigenvalue weighted by atomic mass is 16.6. The van der Waals surface area contributed by atoms with Gasteiger partial charge >= 0.3 is 0 Å². The van der Waals surface area contributed by atoms with Crippen molar-refractivity contribution >= 4 is 5.71 Å². The summed E-state index contributed by atoms with van der Waals surface area (Å²) >= 11 is 0. The van der Waals surface area contributed by atoms with Crippen LogP contribution in [0.5, 0.6) is 0 Å². The summed E-state index contributed by atoms with van der Waals surface area (Å²) in [5.74, 6) is 0.134. The molecule has 0 amide bonds. The molecule has 2 nitrogen and oxygen atoms in total. The predicted molar refractivity (Wildman–Crippen MR) is 124 cm³/mol. The molecule has 0 radical (unpaired) electrons. The van der Waals surface area contributed by atoms with Gasteiger partial charge in [-0.15, -0.1) is 0 Å². The second-order valence-corrected chi connectivity index (χ2v) is 11.1. The van der Waals surface area contributed by atoms with E-state index in [1.54, 1.807) is 0 Å². The molecular formula is C27H37NO. The first kappa shape index (κ1) is 21.6. The van der Waals surface area contributed by atoms with E-state index < -0.39 is 0 Å². The summed E-state index contributed by atoms with van der Waals surface area (Å²) in [7, 11) is 0. The van der Waals surface area contributed by atoms with Crippen molar-refractivity contribution in [3.05, 3.63) is 70.8 Å². The summed E-state index contributed by atoms with van der Waals surface area (Å²) in [6.07, 6.45) is -0.0246. The van der Waals surface area contributed by atoms with Gasteiger partial charge in [0.25, 0.3) is 0 Å². The number of oxime groups is 1. The predicted octanol–water partition coefficient (Wildman–Crippen LogP) is 7.21. The van der Waals surface area contributed by atoms with E-state index in [9.17, 15) is 0 Å². The van der Waals surface area contributed by atoms with Crippen LogP contribution in [0.3, 0.4) is 0 Å². The lowest BCUT2D eigenvalue weighted by atomic mass is 9.71. The maximum atomic E-state index is 6.03. The fourth-order valence-corrected chi connectivity index (χ4v) is 3.99. The van der Waals surface area contributed by atoms with Crippen LogP contribution in [-0.4, -0.2) is 11.8 Å². The van der Waals surface area contributed by atoms with E-state index in [2.05, 4.69) is 116 Å². The molecule has 1 heterocycles. The van der Waals surface area contributed by atoms with Crippen LogP contribution in [0.2, 0.25) is 0 Å². The average molecular weight is 392 g/mol. The Balaban J connectivity index is 2.06. The van der Waals surface area contributed by atoms with Gasteiger partial charge in [-0.3, -0.25) is 0 Å². The van der Waals surface area contributed by atoms with E-state index in [0.717, 1.165) is 5.71 Å². The molecule has 0 saturated carbocycles. The van der Waals surface area contributed by atoms with Crippen LogP contribution in [-0.2, 0) is 15.7 Å². The molecule has 1 aliphatic rings. The van der Waals surface area contributed by atoms with Gasteiger partial charge in [0.05, 0.1) is 5.71 Å². The van der Waals surface area contributed by atoms with Crippen LogP contribution in [0, 0.1) is 5.41 Å². The average Bonchev–Trinajstić information content (AvgIpc) is 2.88. The summed E-state index contributed by atoms with van der Waals surface area (Å²) in [6.45, 7) is 20.1. The standard InChI is InChI=1S/C27H37NO/c1-18-27(8,9)24(29-28-18)23(19-10-14-21(15-11-19)25(2,3)4)20-12-16-22(17-13-20)26(5,6)7/h10-17,23-24H,1-9H3. The highest BCUT2D eigenvalue weighted by molar-refractivity contribution is 5.88. The van der Waals surface area contributed by atoms with Crippen molar-refractivity contribution in [3.8, 4) is 0 Å².